The molecule has 0 aliphatic carbocycles. The van der Waals surface area contributed by atoms with Gasteiger partial charge in [0.05, 0.1) is 16.4 Å². The fourth-order valence-electron chi connectivity index (χ4n) is 2.48. The van der Waals surface area contributed by atoms with Crippen molar-refractivity contribution < 1.29 is 5.11 Å². The van der Waals surface area contributed by atoms with Crippen LogP contribution >= 0.6 is 15.9 Å². The van der Waals surface area contributed by atoms with Gasteiger partial charge in [0.15, 0.2) is 0 Å². The number of nitrogens with zero attached hydrogens (tertiary/aromatic N) is 2. The Labute approximate surface area is 126 Å². The fraction of sp³-hybridized carbons (Fsp3) is 0.188. The van der Waals surface area contributed by atoms with E-state index in [2.05, 4.69) is 51.4 Å². The van der Waals surface area contributed by atoms with Crippen molar-refractivity contribution in [2.45, 2.75) is 12.5 Å². The van der Waals surface area contributed by atoms with Crippen molar-refractivity contribution >= 4 is 26.7 Å². The first-order valence-corrected chi connectivity index (χ1v) is 7.27. The number of benzene rings is 2. The minimum absolute atomic E-state index is 0.571. The molecule has 1 aromatic heterocycles. The van der Waals surface area contributed by atoms with Gasteiger partial charge in [-0.2, -0.15) is 5.10 Å². The van der Waals surface area contributed by atoms with Crippen molar-refractivity contribution in [3.05, 3.63) is 64.4 Å². The number of aliphatic hydroxyl groups is 1. The van der Waals surface area contributed by atoms with E-state index >= 15 is 0 Å². The molecular weight excluding hydrogens is 316 g/mol. The first-order valence-electron chi connectivity index (χ1n) is 6.48. The van der Waals surface area contributed by atoms with Crippen molar-refractivity contribution in [3.63, 3.8) is 0 Å². The van der Waals surface area contributed by atoms with Gasteiger partial charge in [0.2, 0.25) is 0 Å². The number of aromatic nitrogens is 2. The van der Waals surface area contributed by atoms with Crippen LogP contribution in [0.25, 0.3) is 10.8 Å². The zero-order chi connectivity index (χ0) is 14.1. The van der Waals surface area contributed by atoms with Gasteiger partial charge in [0.25, 0.3) is 0 Å². The molecule has 0 aliphatic rings. The SMILES string of the molecule is Cn1ncc(Br)c1C(O)Cc1ccc2ccccc2c1. The Balaban J connectivity index is 1.89. The molecule has 0 radical (unpaired) electrons. The topological polar surface area (TPSA) is 38.0 Å². The maximum Gasteiger partial charge on any atom is 0.101 e. The second-order valence-corrected chi connectivity index (χ2v) is 5.76. The zero-order valence-electron chi connectivity index (χ0n) is 11.1. The van der Waals surface area contributed by atoms with Crippen LogP contribution in [-0.4, -0.2) is 14.9 Å². The van der Waals surface area contributed by atoms with E-state index in [4.69, 9.17) is 0 Å². The number of hydrogen-bond acceptors (Lipinski definition) is 2. The molecule has 2 aromatic carbocycles. The van der Waals surface area contributed by atoms with Crippen LogP contribution in [0.5, 0.6) is 0 Å². The lowest BCUT2D eigenvalue weighted by Crippen LogP contribution is -2.08. The van der Waals surface area contributed by atoms with Crippen LogP contribution in [0.4, 0.5) is 0 Å². The standard InChI is InChI=1S/C16H15BrN2O/c1-19-16(14(17)10-18-19)15(20)9-11-6-7-12-4-2-3-5-13(12)8-11/h2-8,10,15,20H,9H2,1H3. The molecule has 102 valence electrons. The molecule has 1 atom stereocenters. The number of halogens is 1. The predicted molar refractivity (Wildman–Crippen MR) is 83.5 cm³/mol. The van der Waals surface area contributed by atoms with E-state index < -0.39 is 6.10 Å². The molecule has 1 heterocycles. The molecular formula is C16H15BrN2O. The zero-order valence-corrected chi connectivity index (χ0v) is 12.7. The van der Waals surface area contributed by atoms with E-state index in [-0.39, 0.29) is 0 Å². The minimum atomic E-state index is -0.571. The summed E-state index contributed by atoms with van der Waals surface area (Å²) in [6.45, 7) is 0. The molecule has 0 saturated carbocycles. The molecule has 3 rings (SSSR count). The van der Waals surface area contributed by atoms with Crippen LogP contribution in [0.1, 0.15) is 17.4 Å². The molecule has 1 N–H and O–H groups in total. The fourth-order valence-corrected chi connectivity index (χ4v) is 3.09. The monoisotopic (exact) mass is 330 g/mol. The predicted octanol–water partition coefficient (Wildman–Crippen LogP) is 3.61. The van der Waals surface area contributed by atoms with Gasteiger partial charge in [-0.05, 0) is 32.3 Å². The van der Waals surface area contributed by atoms with E-state index in [9.17, 15) is 5.11 Å². The van der Waals surface area contributed by atoms with E-state index in [0.29, 0.717) is 6.42 Å². The molecule has 0 amide bonds. The summed E-state index contributed by atoms with van der Waals surface area (Å²) in [5.41, 5.74) is 1.92. The summed E-state index contributed by atoms with van der Waals surface area (Å²) in [4.78, 5) is 0. The summed E-state index contributed by atoms with van der Waals surface area (Å²) >= 11 is 3.43. The quantitative estimate of drug-likeness (QED) is 0.796. The van der Waals surface area contributed by atoms with E-state index in [1.54, 1.807) is 10.9 Å². The Morgan fingerprint density at radius 1 is 1.20 bits per heavy atom. The lowest BCUT2D eigenvalue weighted by molar-refractivity contribution is 0.168. The maximum absolute atomic E-state index is 10.4. The Bertz CT molecular complexity index is 732. The molecule has 0 fully saturated rings. The molecule has 0 saturated heterocycles. The second-order valence-electron chi connectivity index (χ2n) is 4.90. The van der Waals surface area contributed by atoms with Crippen LogP contribution in [0.15, 0.2) is 53.1 Å². The Morgan fingerprint density at radius 3 is 2.65 bits per heavy atom. The number of hydrogen-bond donors (Lipinski definition) is 1. The first-order chi connectivity index (χ1) is 9.65. The third kappa shape index (κ3) is 2.49. The number of rotatable bonds is 3. The van der Waals surface area contributed by atoms with Gasteiger partial charge in [0.1, 0.15) is 6.10 Å². The molecule has 3 aromatic rings. The molecule has 0 aliphatic heterocycles. The van der Waals surface area contributed by atoms with Crippen molar-refractivity contribution in [3.8, 4) is 0 Å². The minimum Gasteiger partial charge on any atom is -0.386 e. The van der Waals surface area contributed by atoms with Crippen molar-refractivity contribution in [1.29, 1.82) is 0 Å². The average molecular weight is 331 g/mol. The number of aryl methyl sites for hydroxylation is 1. The van der Waals surface area contributed by atoms with Crippen LogP contribution in [0.3, 0.4) is 0 Å². The molecule has 0 spiro atoms. The molecule has 4 heteroatoms. The van der Waals surface area contributed by atoms with Crippen molar-refractivity contribution in [1.82, 2.24) is 9.78 Å². The van der Waals surface area contributed by atoms with E-state index in [1.807, 2.05) is 19.2 Å². The van der Waals surface area contributed by atoms with Gasteiger partial charge >= 0.3 is 0 Å². The molecule has 0 bridgehead atoms. The summed E-state index contributed by atoms with van der Waals surface area (Å²) in [5.74, 6) is 0. The first kappa shape index (κ1) is 13.3. The summed E-state index contributed by atoms with van der Waals surface area (Å²) in [7, 11) is 1.84. The van der Waals surface area contributed by atoms with Gasteiger partial charge in [-0.15, -0.1) is 0 Å². The van der Waals surface area contributed by atoms with Crippen LogP contribution in [0, 0.1) is 0 Å². The van der Waals surface area contributed by atoms with Gasteiger partial charge in [-0.1, -0.05) is 42.5 Å². The molecule has 1 unspecified atom stereocenters. The summed E-state index contributed by atoms with van der Waals surface area (Å²) in [6, 6.07) is 14.5. The second kappa shape index (κ2) is 5.38. The highest BCUT2D eigenvalue weighted by atomic mass is 79.9. The van der Waals surface area contributed by atoms with Crippen LogP contribution < -0.4 is 0 Å². The van der Waals surface area contributed by atoms with Gasteiger partial charge in [0, 0.05) is 13.5 Å². The largest absolute Gasteiger partial charge is 0.386 e. The molecule has 20 heavy (non-hydrogen) atoms. The normalized spacial score (nSPS) is 12.8. The van der Waals surface area contributed by atoms with Gasteiger partial charge < -0.3 is 5.11 Å². The van der Waals surface area contributed by atoms with E-state index in [0.717, 1.165) is 15.7 Å². The Kier molecular flexibility index (Phi) is 3.59. The third-order valence-electron chi connectivity index (χ3n) is 3.50. The van der Waals surface area contributed by atoms with Crippen molar-refractivity contribution in [2.24, 2.45) is 7.05 Å². The summed E-state index contributed by atoms with van der Waals surface area (Å²) in [6.07, 6.45) is 1.71. The highest BCUT2D eigenvalue weighted by Gasteiger charge is 2.16. The lowest BCUT2D eigenvalue weighted by Gasteiger charge is -2.12. The third-order valence-corrected chi connectivity index (χ3v) is 4.11. The van der Waals surface area contributed by atoms with Crippen molar-refractivity contribution in [2.75, 3.05) is 0 Å². The average Bonchev–Trinajstić information content (AvgIpc) is 2.78. The van der Waals surface area contributed by atoms with Gasteiger partial charge in [-0.3, -0.25) is 4.68 Å². The highest BCUT2D eigenvalue weighted by Crippen LogP contribution is 2.26. The number of aliphatic hydroxyl groups excluding tert-OH is 1. The maximum atomic E-state index is 10.4. The smallest absolute Gasteiger partial charge is 0.101 e. The summed E-state index contributed by atoms with van der Waals surface area (Å²) in [5, 5.41) is 17.0. The molecule has 3 nitrogen and oxygen atoms in total. The lowest BCUT2D eigenvalue weighted by atomic mass is 10.0. The van der Waals surface area contributed by atoms with E-state index in [1.165, 1.54) is 10.8 Å². The Morgan fingerprint density at radius 2 is 1.95 bits per heavy atom. The number of fused-ring (bicyclic) bond motifs is 1. The Hall–Kier alpha value is -1.65. The summed E-state index contributed by atoms with van der Waals surface area (Å²) < 4.78 is 2.55. The van der Waals surface area contributed by atoms with Crippen LogP contribution in [0.2, 0.25) is 0 Å². The van der Waals surface area contributed by atoms with Gasteiger partial charge in [-0.25, -0.2) is 0 Å². The highest BCUT2D eigenvalue weighted by molar-refractivity contribution is 9.10. The van der Waals surface area contributed by atoms with Crippen LogP contribution in [-0.2, 0) is 13.5 Å².